The summed E-state index contributed by atoms with van der Waals surface area (Å²) in [5.74, 6) is 0.929. The normalized spacial score (nSPS) is 12.0. The lowest BCUT2D eigenvalue weighted by Gasteiger charge is -2.19. The number of aryl methyl sites for hydroxylation is 1. The molecule has 2 rings (SSSR count). The Morgan fingerprint density at radius 2 is 2.00 bits per heavy atom. The number of anilines is 1. The summed E-state index contributed by atoms with van der Waals surface area (Å²) in [6.45, 7) is 7.10. The first-order valence-electron chi connectivity index (χ1n) is 7.35. The Bertz CT molecular complexity index is 598. The molecule has 0 saturated heterocycles. The summed E-state index contributed by atoms with van der Waals surface area (Å²) in [5.41, 5.74) is 3.50. The van der Waals surface area contributed by atoms with Crippen molar-refractivity contribution in [1.29, 1.82) is 0 Å². The van der Waals surface area contributed by atoms with Crippen LogP contribution in [0.2, 0.25) is 0 Å². The molecule has 0 amide bonds. The van der Waals surface area contributed by atoms with Gasteiger partial charge in [0.05, 0.1) is 12.3 Å². The van der Waals surface area contributed by atoms with Crippen LogP contribution in [0.1, 0.15) is 37.4 Å². The van der Waals surface area contributed by atoms with Crippen molar-refractivity contribution in [2.24, 2.45) is 0 Å². The molecule has 3 heteroatoms. The number of hydrogen-bond donors (Lipinski definition) is 1. The van der Waals surface area contributed by atoms with Crippen LogP contribution in [0.25, 0.3) is 0 Å². The van der Waals surface area contributed by atoms with Gasteiger partial charge in [-0.25, -0.2) is 0 Å². The maximum atomic E-state index is 5.86. The molecule has 1 N–H and O–H groups in total. The third kappa shape index (κ3) is 4.50. The van der Waals surface area contributed by atoms with Crippen LogP contribution >= 0.6 is 15.9 Å². The molecule has 0 fully saturated rings. The van der Waals surface area contributed by atoms with Gasteiger partial charge in [-0.2, -0.15) is 0 Å². The molecule has 0 saturated carbocycles. The maximum absolute atomic E-state index is 5.86. The van der Waals surface area contributed by atoms with E-state index < -0.39 is 0 Å². The highest BCUT2D eigenvalue weighted by atomic mass is 79.9. The summed E-state index contributed by atoms with van der Waals surface area (Å²) in [6.07, 6.45) is 1.01. The van der Waals surface area contributed by atoms with Crippen molar-refractivity contribution in [2.75, 3.05) is 11.9 Å². The number of rotatable bonds is 6. The number of nitrogens with one attached hydrogen (secondary N) is 1. The molecule has 0 bridgehead atoms. The van der Waals surface area contributed by atoms with Crippen LogP contribution in [0.3, 0.4) is 0 Å². The summed E-state index contributed by atoms with van der Waals surface area (Å²) in [7, 11) is 0. The van der Waals surface area contributed by atoms with Crippen molar-refractivity contribution in [1.82, 2.24) is 0 Å². The quantitative estimate of drug-likeness (QED) is 0.721. The second kappa shape index (κ2) is 7.51. The van der Waals surface area contributed by atoms with Crippen molar-refractivity contribution in [2.45, 2.75) is 33.2 Å². The molecule has 112 valence electrons. The molecule has 0 heterocycles. The van der Waals surface area contributed by atoms with E-state index in [2.05, 4.69) is 78.4 Å². The third-order valence-corrected chi connectivity index (χ3v) is 3.81. The molecule has 0 aromatic heterocycles. The Kier molecular flexibility index (Phi) is 5.68. The van der Waals surface area contributed by atoms with Gasteiger partial charge in [0.25, 0.3) is 0 Å². The fourth-order valence-corrected chi connectivity index (χ4v) is 2.59. The fraction of sp³-hybridized carbons (Fsp3) is 0.333. The lowest BCUT2D eigenvalue weighted by molar-refractivity contribution is 0.318. The fourth-order valence-electron chi connectivity index (χ4n) is 2.17. The minimum atomic E-state index is 0.217. The largest absolute Gasteiger partial charge is 0.491 e. The van der Waals surface area contributed by atoms with Crippen LogP contribution in [0.5, 0.6) is 5.75 Å². The molecule has 0 radical (unpaired) electrons. The van der Waals surface area contributed by atoms with Gasteiger partial charge in [-0.1, -0.05) is 41.1 Å². The minimum absolute atomic E-state index is 0.217. The first-order valence-corrected chi connectivity index (χ1v) is 8.15. The van der Waals surface area contributed by atoms with Gasteiger partial charge in [0, 0.05) is 10.5 Å². The van der Waals surface area contributed by atoms with Crippen molar-refractivity contribution < 1.29 is 4.74 Å². The van der Waals surface area contributed by atoms with Crippen molar-refractivity contribution in [3.05, 3.63) is 58.1 Å². The van der Waals surface area contributed by atoms with Crippen molar-refractivity contribution >= 4 is 21.6 Å². The Balaban J connectivity index is 2.18. The van der Waals surface area contributed by atoms with Crippen molar-refractivity contribution in [3.63, 3.8) is 0 Å². The molecule has 1 atom stereocenters. The number of hydrogen-bond acceptors (Lipinski definition) is 2. The monoisotopic (exact) mass is 347 g/mol. The first kappa shape index (κ1) is 15.9. The molecule has 0 aliphatic carbocycles. The molecule has 2 aromatic rings. The zero-order valence-electron chi connectivity index (χ0n) is 12.8. The molecule has 0 aliphatic heterocycles. The van der Waals surface area contributed by atoms with Gasteiger partial charge >= 0.3 is 0 Å². The van der Waals surface area contributed by atoms with Gasteiger partial charge in [0.1, 0.15) is 5.75 Å². The lowest BCUT2D eigenvalue weighted by Crippen LogP contribution is -2.08. The predicted molar refractivity (Wildman–Crippen MR) is 93.1 cm³/mol. The smallest absolute Gasteiger partial charge is 0.142 e. The molecule has 2 aromatic carbocycles. The molecule has 1 unspecified atom stereocenters. The Morgan fingerprint density at radius 3 is 2.71 bits per heavy atom. The second-order valence-electron chi connectivity index (χ2n) is 5.27. The first-order chi connectivity index (χ1) is 10.1. The molecule has 0 aliphatic rings. The van der Waals surface area contributed by atoms with Gasteiger partial charge in [-0.3, -0.25) is 0 Å². The van der Waals surface area contributed by atoms with Crippen LogP contribution in [0.15, 0.2) is 46.9 Å². The summed E-state index contributed by atoms with van der Waals surface area (Å²) >= 11 is 3.52. The van der Waals surface area contributed by atoms with Gasteiger partial charge in [0.2, 0.25) is 0 Å². The molecular formula is C18H22BrNO. The van der Waals surface area contributed by atoms with E-state index in [0.29, 0.717) is 0 Å². The number of benzene rings is 2. The van der Waals surface area contributed by atoms with Gasteiger partial charge in [-0.15, -0.1) is 0 Å². The highest BCUT2D eigenvalue weighted by Crippen LogP contribution is 2.30. The SMILES string of the molecule is CCCOc1cc(C)ccc1NC(C)c1cccc(Br)c1. The van der Waals surface area contributed by atoms with E-state index in [-0.39, 0.29) is 6.04 Å². The Labute approximate surface area is 135 Å². The summed E-state index contributed by atoms with van der Waals surface area (Å²) in [4.78, 5) is 0. The van der Waals surface area contributed by atoms with E-state index in [9.17, 15) is 0 Å². The van der Waals surface area contributed by atoms with E-state index in [1.165, 1.54) is 11.1 Å². The maximum Gasteiger partial charge on any atom is 0.142 e. The topological polar surface area (TPSA) is 21.3 Å². The van der Waals surface area contributed by atoms with Crippen LogP contribution in [-0.2, 0) is 0 Å². The Hall–Kier alpha value is -1.48. The van der Waals surface area contributed by atoms with E-state index in [1.807, 2.05) is 6.07 Å². The minimum Gasteiger partial charge on any atom is -0.491 e. The van der Waals surface area contributed by atoms with Gasteiger partial charge in [0.15, 0.2) is 0 Å². The standard InChI is InChI=1S/C18H22BrNO/c1-4-10-21-18-11-13(2)8-9-17(18)20-14(3)15-6-5-7-16(19)12-15/h5-9,11-12,14,20H,4,10H2,1-3H3. The number of ether oxygens (including phenoxy) is 1. The molecular weight excluding hydrogens is 326 g/mol. The highest BCUT2D eigenvalue weighted by Gasteiger charge is 2.10. The average molecular weight is 348 g/mol. The second-order valence-corrected chi connectivity index (χ2v) is 6.18. The van der Waals surface area contributed by atoms with Crippen LogP contribution in [0, 0.1) is 6.92 Å². The highest BCUT2D eigenvalue weighted by molar-refractivity contribution is 9.10. The van der Waals surface area contributed by atoms with Crippen LogP contribution in [-0.4, -0.2) is 6.61 Å². The summed E-state index contributed by atoms with van der Waals surface area (Å²) in [6, 6.07) is 14.9. The van der Waals surface area contributed by atoms with Gasteiger partial charge in [-0.05, 0) is 55.7 Å². The number of halogens is 1. The average Bonchev–Trinajstić information content (AvgIpc) is 2.47. The van der Waals surface area contributed by atoms with E-state index >= 15 is 0 Å². The van der Waals surface area contributed by atoms with E-state index in [4.69, 9.17) is 4.74 Å². The predicted octanol–water partition coefficient (Wildman–Crippen LogP) is 5.72. The summed E-state index contributed by atoms with van der Waals surface area (Å²) < 4.78 is 6.95. The van der Waals surface area contributed by atoms with E-state index in [0.717, 1.165) is 28.9 Å². The lowest BCUT2D eigenvalue weighted by atomic mass is 10.1. The van der Waals surface area contributed by atoms with Crippen LogP contribution < -0.4 is 10.1 Å². The Morgan fingerprint density at radius 1 is 1.19 bits per heavy atom. The molecule has 21 heavy (non-hydrogen) atoms. The molecule has 2 nitrogen and oxygen atoms in total. The van der Waals surface area contributed by atoms with Crippen LogP contribution in [0.4, 0.5) is 5.69 Å². The van der Waals surface area contributed by atoms with Crippen molar-refractivity contribution in [3.8, 4) is 5.75 Å². The third-order valence-electron chi connectivity index (χ3n) is 3.32. The zero-order chi connectivity index (χ0) is 15.2. The van der Waals surface area contributed by atoms with E-state index in [1.54, 1.807) is 0 Å². The zero-order valence-corrected chi connectivity index (χ0v) is 14.4. The summed E-state index contributed by atoms with van der Waals surface area (Å²) in [5, 5.41) is 3.54. The van der Waals surface area contributed by atoms with Gasteiger partial charge < -0.3 is 10.1 Å². The molecule has 0 spiro atoms.